The highest BCUT2D eigenvalue weighted by Crippen LogP contribution is 2.25. The minimum absolute atomic E-state index is 0.123. The van der Waals surface area contributed by atoms with Crippen molar-refractivity contribution in [2.24, 2.45) is 0 Å². The summed E-state index contributed by atoms with van der Waals surface area (Å²) in [5.74, 6) is 0.404. The van der Waals surface area contributed by atoms with Gasteiger partial charge in [0.2, 0.25) is 0 Å². The number of rotatable bonds is 2. The maximum atomic E-state index is 11.4. The van der Waals surface area contributed by atoms with E-state index in [4.69, 9.17) is 5.41 Å². The summed E-state index contributed by atoms with van der Waals surface area (Å²) in [5, 5.41) is 10.3. The number of amidine groups is 1. The van der Waals surface area contributed by atoms with Crippen LogP contribution >= 0.6 is 0 Å². The second kappa shape index (κ2) is 3.96. The fourth-order valence-electron chi connectivity index (χ4n) is 2.12. The van der Waals surface area contributed by atoms with Gasteiger partial charge < -0.3 is 4.90 Å². The molecular weight excluding hydrogens is 202 g/mol. The highest BCUT2D eigenvalue weighted by Gasteiger charge is 2.36. The number of carbonyl (C=O) groups is 1. The van der Waals surface area contributed by atoms with Crippen molar-refractivity contribution in [1.29, 1.82) is 5.41 Å². The first-order valence-corrected chi connectivity index (χ1v) is 5.28. The lowest BCUT2D eigenvalue weighted by Crippen LogP contribution is -2.35. The number of amides is 2. The number of hydrogen-bond acceptors (Lipinski definition) is 2. The van der Waals surface area contributed by atoms with Gasteiger partial charge in [0, 0.05) is 13.0 Å². The molecule has 1 heterocycles. The van der Waals surface area contributed by atoms with Crippen LogP contribution in [0, 0.1) is 5.41 Å². The van der Waals surface area contributed by atoms with Crippen LogP contribution in [0.3, 0.4) is 0 Å². The lowest BCUT2D eigenvalue weighted by Gasteiger charge is -2.24. The van der Waals surface area contributed by atoms with Crippen LogP contribution in [0.15, 0.2) is 30.3 Å². The van der Waals surface area contributed by atoms with Crippen LogP contribution in [0.5, 0.6) is 0 Å². The largest absolute Gasteiger partial charge is 0.323 e. The zero-order valence-corrected chi connectivity index (χ0v) is 9.40. The highest BCUT2D eigenvalue weighted by atomic mass is 16.2. The summed E-state index contributed by atoms with van der Waals surface area (Å²) in [5.41, 5.74) is 1.14. The van der Waals surface area contributed by atoms with Crippen molar-refractivity contribution in [1.82, 2.24) is 10.2 Å². The summed E-state index contributed by atoms with van der Waals surface area (Å²) in [6.45, 7) is 2.03. The van der Waals surface area contributed by atoms with Crippen molar-refractivity contribution in [2.75, 3.05) is 7.05 Å². The van der Waals surface area contributed by atoms with Crippen molar-refractivity contribution >= 4 is 11.9 Å². The van der Waals surface area contributed by atoms with Gasteiger partial charge >= 0.3 is 6.03 Å². The molecule has 2 unspecified atom stereocenters. The van der Waals surface area contributed by atoms with E-state index < -0.39 is 0 Å². The lowest BCUT2D eigenvalue weighted by molar-refractivity contribution is 0.213. The molecule has 0 bridgehead atoms. The third-order valence-corrected chi connectivity index (χ3v) is 3.07. The van der Waals surface area contributed by atoms with Gasteiger partial charge in [0.25, 0.3) is 0 Å². The highest BCUT2D eigenvalue weighted by molar-refractivity contribution is 6.05. The molecule has 0 spiro atoms. The molecule has 2 N–H and O–H groups in total. The lowest BCUT2D eigenvalue weighted by atomic mass is 9.92. The first-order chi connectivity index (χ1) is 7.61. The van der Waals surface area contributed by atoms with Gasteiger partial charge in [0.1, 0.15) is 5.84 Å². The fourth-order valence-corrected chi connectivity index (χ4v) is 2.12. The topological polar surface area (TPSA) is 56.2 Å². The zero-order valence-electron chi connectivity index (χ0n) is 9.40. The quantitative estimate of drug-likeness (QED) is 0.779. The monoisotopic (exact) mass is 217 g/mol. The Kier molecular flexibility index (Phi) is 2.64. The minimum Gasteiger partial charge on any atom is -0.317 e. The standard InChI is InChI=1S/C12H15N3O/c1-8(9-6-4-3-5-7-9)10-11(13)14-12(16)15(10)2/h3-8,10H,1-2H3,(H2,13,14,16). The van der Waals surface area contributed by atoms with E-state index in [1.54, 1.807) is 11.9 Å². The smallest absolute Gasteiger partial charge is 0.317 e. The van der Waals surface area contributed by atoms with Crippen LogP contribution in [0.25, 0.3) is 0 Å². The zero-order chi connectivity index (χ0) is 11.7. The number of likely N-dealkylation sites (N-methyl/N-ethyl adjacent to an activating group) is 1. The number of urea groups is 1. The Balaban J connectivity index is 2.26. The number of nitrogens with one attached hydrogen (secondary N) is 2. The van der Waals surface area contributed by atoms with E-state index in [1.807, 2.05) is 37.3 Å². The van der Waals surface area contributed by atoms with Gasteiger partial charge in [0.05, 0.1) is 6.04 Å². The van der Waals surface area contributed by atoms with Crippen LogP contribution in [-0.2, 0) is 0 Å². The Morgan fingerprint density at radius 1 is 1.38 bits per heavy atom. The van der Waals surface area contributed by atoms with Gasteiger partial charge in [-0.2, -0.15) is 0 Å². The summed E-state index contributed by atoms with van der Waals surface area (Å²) < 4.78 is 0. The van der Waals surface area contributed by atoms with E-state index in [9.17, 15) is 4.79 Å². The normalized spacial score (nSPS) is 22.1. The second-order valence-electron chi connectivity index (χ2n) is 4.10. The summed E-state index contributed by atoms with van der Waals surface area (Å²) in [7, 11) is 1.72. The second-order valence-corrected chi connectivity index (χ2v) is 4.10. The SMILES string of the molecule is CC(c1ccccc1)C1C(=N)NC(=O)N1C. The van der Waals surface area contributed by atoms with E-state index in [0.29, 0.717) is 0 Å². The van der Waals surface area contributed by atoms with Gasteiger partial charge in [-0.05, 0) is 5.56 Å². The molecule has 4 heteroatoms. The predicted molar refractivity (Wildman–Crippen MR) is 62.7 cm³/mol. The van der Waals surface area contributed by atoms with Crippen LogP contribution in [0.2, 0.25) is 0 Å². The van der Waals surface area contributed by atoms with E-state index in [-0.39, 0.29) is 23.8 Å². The number of nitrogens with zero attached hydrogens (tertiary/aromatic N) is 1. The Labute approximate surface area is 94.8 Å². The Morgan fingerprint density at radius 3 is 2.50 bits per heavy atom. The van der Waals surface area contributed by atoms with E-state index in [1.165, 1.54) is 0 Å². The van der Waals surface area contributed by atoms with Crippen LogP contribution in [-0.4, -0.2) is 29.9 Å². The predicted octanol–water partition coefficient (Wildman–Crippen LogP) is 1.79. The van der Waals surface area contributed by atoms with Crippen molar-refractivity contribution in [3.63, 3.8) is 0 Å². The molecule has 0 aromatic heterocycles. The van der Waals surface area contributed by atoms with E-state index >= 15 is 0 Å². The van der Waals surface area contributed by atoms with Gasteiger partial charge in [-0.15, -0.1) is 0 Å². The first-order valence-electron chi connectivity index (χ1n) is 5.28. The molecule has 2 rings (SSSR count). The van der Waals surface area contributed by atoms with Gasteiger partial charge in [0.15, 0.2) is 0 Å². The molecular formula is C12H15N3O. The molecule has 0 saturated carbocycles. The molecule has 1 aromatic rings. The van der Waals surface area contributed by atoms with Crippen LogP contribution in [0.1, 0.15) is 18.4 Å². The Bertz CT molecular complexity index is 416. The number of benzene rings is 1. The molecule has 0 radical (unpaired) electrons. The molecule has 1 saturated heterocycles. The van der Waals surface area contributed by atoms with Gasteiger partial charge in [-0.3, -0.25) is 10.7 Å². The fraction of sp³-hybridized carbons (Fsp3) is 0.333. The molecule has 2 atom stereocenters. The summed E-state index contributed by atoms with van der Waals surface area (Å²) >= 11 is 0. The van der Waals surface area contributed by atoms with Crippen molar-refractivity contribution in [3.8, 4) is 0 Å². The average molecular weight is 217 g/mol. The molecule has 1 aliphatic heterocycles. The maximum Gasteiger partial charge on any atom is 0.323 e. The van der Waals surface area contributed by atoms with Crippen molar-refractivity contribution in [2.45, 2.75) is 18.9 Å². The van der Waals surface area contributed by atoms with E-state index in [2.05, 4.69) is 5.32 Å². The third-order valence-electron chi connectivity index (χ3n) is 3.07. The van der Waals surface area contributed by atoms with Crippen molar-refractivity contribution in [3.05, 3.63) is 35.9 Å². The Hall–Kier alpha value is -1.84. The van der Waals surface area contributed by atoms with Gasteiger partial charge in [-0.25, -0.2) is 4.79 Å². The molecule has 1 fully saturated rings. The van der Waals surface area contributed by atoms with Crippen LogP contribution < -0.4 is 5.32 Å². The Morgan fingerprint density at radius 2 is 2.00 bits per heavy atom. The summed E-state index contributed by atoms with van der Waals surface area (Å²) in [6, 6.07) is 9.57. The van der Waals surface area contributed by atoms with Crippen molar-refractivity contribution < 1.29 is 4.79 Å². The van der Waals surface area contributed by atoms with Gasteiger partial charge in [-0.1, -0.05) is 37.3 Å². The molecule has 2 amide bonds. The molecule has 1 aromatic carbocycles. The average Bonchev–Trinajstić information content (AvgIpc) is 2.54. The molecule has 1 aliphatic rings. The summed E-state index contributed by atoms with van der Waals surface area (Å²) in [6.07, 6.45) is 0. The number of hydrogen-bond donors (Lipinski definition) is 2. The third kappa shape index (κ3) is 1.66. The number of carbonyl (C=O) groups excluding carboxylic acids is 1. The molecule has 4 nitrogen and oxygen atoms in total. The minimum atomic E-state index is -0.196. The molecule has 16 heavy (non-hydrogen) atoms. The maximum absolute atomic E-state index is 11.4. The van der Waals surface area contributed by atoms with Crippen LogP contribution in [0.4, 0.5) is 4.79 Å². The first kappa shape index (κ1) is 10.7. The summed E-state index contributed by atoms with van der Waals surface area (Å²) in [4.78, 5) is 13.0. The van der Waals surface area contributed by atoms with E-state index in [0.717, 1.165) is 5.56 Å². The molecule has 0 aliphatic carbocycles. The molecule has 84 valence electrons.